The van der Waals surface area contributed by atoms with Crippen LogP contribution in [0.2, 0.25) is 51.4 Å². The lowest BCUT2D eigenvalue weighted by Crippen LogP contribution is -2.57. The van der Waals surface area contributed by atoms with Crippen molar-refractivity contribution in [2.24, 2.45) is 35.5 Å². The Bertz CT molecular complexity index is 532. The number of fused-ring (bicyclic) bond motifs is 9. The molecule has 4 bridgehead atoms. The summed E-state index contributed by atoms with van der Waals surface area (Å²) in [6.45, 7) is 16.5. The van der Waals surface area contributed by atoms with Crippen LogP contribution < -0.4 is 0 Å². The summed E-state index contributed by atoms with van der Waals surface area (Å²) in [4.78, 5) is 0. The van der Waals surface area contributed by atoms with E-state index in [-0.39, 0.29) is 0 Å². The monoisotopic (exact) mass is 380 g/mol. The molecular formula is C19H36O2Si3. The molecule has 7 atom stereocenters. The molecule has 4 rings (SSSR count). The van der Waals surface area contributed by atoms with E-state index in [2.05, 4.69) is 58.0 Å². The predicted molar refractivity (Wildman–Crippen MR) is 108 cm³/mol. The Labute approximate surface area is 151 Å². The first-order valence-electron chi connectivity index (χ1n) is 10.1. The zero-order chi connectivity index (χ0) is 17.5. The molecule has 4 aliphatic carbocycles. The highest BCUT2D eigenvalue weighted by atomic mass is 28.5. The first kappa shape index (κ1) is 17.7. The van der Waals surface area contributed by atoms with E-state index in [0.29, 0.717) is 0 Å². The minimum atomic E-state index is -2.13. The lowest BCUT2D eigenvalue weighted by atomic mass is 9.73. The molecule has 0 aromatic heterocycles. The zero-order valence-corrected chi connectivity index (χ0v) is 19.6. The van der Waals surface area contributed by atoms with Crippen molar-refractivity contribution in [3.8, 4) is 0 Å². The molecule has 0 aliphatic heterocycles. The van der Waals surface area contributed by atoms with E-state index in [1.807, 2.05) is 0 Å². The van der Waals surface area contributed by atoms with Crippen molar-refractivity contribution in [3.63, 3.8) is 0 Å². The van der Waals surface area contributed by atoms with Crippen LogP contribution in [0, 0.1) is 35.5 Å². The van der Waals surface area contributed by atoms with Crippen LogP contribution in [-0.4, -0.2) is 25.2 Å². The van der Waals surface area contributed by atoms with Crippen LogP contribution in [0.5, 0.6) is 0 Å². The Hall–Kier alpha value is 0.311. The van der Waals surface area contributed by atoms with E-state index in [9.17, 15) is 0 Å². The van der Waals surface area contributed by atoms with Gasteiger partial charge in [-0.15, -0.1) is 0 Å². The van der Waals surface area contributed by atoms with Gasteiger partial charge in [0.25, 0.3) is 0 Å². The van der Waals surface area contributed by atoms with Crippen molar-refractivity contribution in [2.75, 3.05) is 0 Å². The predicted octanol–water partition coefficient (Wildman–Crippen LogP) is 5.61. The van der Waals surface area contributed by atoms with Gasteiger partial charge in [-0.3, -0.25) is 0 Å². The maximum absolute atomic E-state index is 6.94. The van der Waals surface area contributed by atoms with Crippen LogP contribution in [-0.2, 0) is 8.23 Å². The first-order valence-corrected chi connectivity index (χ1v) is 19.3. The summed E-state index contributed by atoms with van der Waals surface area (Å²) < 4.78 is 13.9. The summed E-state index contributed by atoms with van der Waals surface area (Å²) in [5, 5.41) is 0. The van der Waals surface area contributed by atoms with E-state index < -0.39 is 25.2 Å². The van der Waals surface area contributed by atoms with Crippen molar-refractivity contribution in [1.82, 2.24) is 0 Å². The second-order valence-electron chi connectivity index (χ2n) is 11.0. The van der Waals surface area contributed by atoms with Crippen LogP contribution in [0.25, 0.3) is 0 Å². The number of hydrogen-bond donors (Lipinski definition) is 0. The van der Waals surface area contributed by atoms with Gasteiger partial charge in [0.15, 0.2) is 16.6 Å². The van der Waals surface area contributed by atoms with Gasteiger partial charge in [0.1, 0.15) is 0 Å². The fraction of sp³-hybridized carbons (Fsp3) is 0.895. The molecule has 0 amide bonds. The van der Waals surface area contributed by atoms with Gasteiger partial charge in [-0.2, -0.15) is 0 Å². The molecule has 0 aromatic rings. The molecule has 0 N–H and O–H groups in total. The minimum Gasteiger partial charge on any atom is -0.436 e. The second-order valence-corrected chi connectivity index (χ2v) is 23.9. The molecule has 0 saturated heterocycles. The topological polar surface area (TPSA) is 18.5 Å². The van der Waals surface area contributed by atoms with Crippen molar-refractivity contribution in [2.45, 2.75) is 70.6 Å². The number of rotatable bonds is 5. The van der Waals surface area contributed by atoms with Crippen molar-refractivity contribution < 1.29 is 8.23 Å². The van der Waals surface area contributed by atoms with E-state index >= 15 is 0 Å². The molecule has 24 heavy (non-hydrogen) atoms. The van der Waals surface area contributed by atoms with Gasteiger partial charge in [0.05, 0.1) is 0 Å². The fourth-order valence-electron chi connectivity index (χ4n) is 7.01. The summed E-state index contributed by atoms with van der Waals surface area (Å²) >= 11 is 0. The minimum absolute atomic E-state index is 0.745. The fourth-order valence-corrected chi connectivity index (χ4v) is 20.4. The standard InChI is InChI=1S/C19H36O2Si3/c1-22(2,3)20-24(7,21-23(4,5)6)17-12-15-11-16(17)19-14-9-8-13(10-14)18(15)19/h8-9,13-19H,10-12H2,1-7H3. The van der Waals surface area contributed by atoms with Gasteiger partial charge in [-0.05, 0) is 101 Å². The molecule has 4 aliphatic rings. The van der Waals surface area contributed by atoms with E-state index in [0.717, 1.165) is 41.0 Å². The smallest absolute Gasteiger partial charge is 0.317 e. The molecule has 0 aromatic carbocycles. The van der Waals surface area contributed by atoms with Crippen molar-refractivity contribution >= 4 is 25.2 Å². The Morgan fingerprint density at radius 2 is 1.25 bits per heavy atom. The van der Waals surface area contributed by atoms with Crippen LogP contribution in [0.1, 0.15) is 19.3 Å². The Kier molecular flexibility index (Phi) is 3.99. The Morgan fingerprint density at radius 3 is 1.79 bits per heavy atom. The molecule has 0 radical (unpaired) electrons. The van der Waals surface area contributed by atoms with Crippen molar-refractivity contribution in [1.29, 1.82) is 0 Å². The van der Waals surface area contributed by atoms with Gasteiger partial charge in [-0.1, -0.05) is 12.2 Å². The highest BCUT2D eigenvalue weighted by Gasteiger charge is 2.65. The van der Waals surface area contributed by atoms with Gasteiger partial charge in [0.2, 0.25) is 0 Å². The molecular weight excluding hydrogens is 344 g/mol. The summed E-state index contributed by atoms with van der Waals surface area (Å²) in [5.41, 5.74) is 0.745. The van der Waals surface area contributed by atoms with Crippen molar-refractivity contribution in [3.05, 3.63) is 12.2 Å². The maximum Gasteiger partial charge on any atom is 0.317 e. The van der Waals surface area contributed by atoms with Gasteiger partial charge < -0.3 is 8.23 Å². The SMILES string of the molecule is C[Si](C)(C)O[Si](C)(O[Si](C)(C)C)C1CC2CC1C1C3C=CC(C3)C21. The van der Waals surface area contributed by atoms with Crippen LogP contribution in [0.15, 0.2) is 12.2 Å². The Morgan fingerprint density at radius 1 is 0.708 bits per heavy atom. The van der Waals surface area contributed by atoms with Crippen LogP contribution in [0.4, 0.5) is 0 Å². The molecule has 3 saturated carbocycles. The summed E-state index contributed by atoms with van der Waals surface area (Å²) in [6.07, 6.45) is 9.44. The van der Waals surface area contributed by atoms with E-state index in [1.165, 1.54) is 19.3 Å². The average Bonchev–Trinajstić information content (AvgIpc) is 3.12. The Balaban J connectivity index is 1.62. The second kappa shape index (κ2) is 5.41. The third-order valence-corrected chi connectivity index (χ3v) is 17.1. The van der Waals surface area contributed by atoms with E-state index in [1.54, 1.807) is 0 Å². The molecule has 136 valence electrons. The maximum atomic E-state index is 6.94. The average molecular weight is 381 g/mol. The third-order valence-electron chi connectivity index (χ3n) is 6.96. The van der Waals surface area contributed by atoms with Gasteiger partial charge in [0, 0.05) is 5.54 Å². The van der Waals surface area contributed by atoms with Gasteiger partial charge in [-0.25, -0.2) is 0 Å². The third kappa shape index (κ3) is 2.88. The molecule has 3 fully saturated rings. The lowest BCUT2D eigenvalue weighted by Gasteiger charge is -2.47. The largest absolute Gasteiger partial charge is 0.436 e. The van der Waals surface area contributed by atoms with Gasteiger partial charge >= 0.3 is 8.56 Å². The van der Waals surface area contributed by atoms with E-state index in [4.69, 9.17) is 8.23 Å². The molecule has 5 heteroatoms. The number of allylic oxidation sites excluding steroid dienone is 2. The molecule has 2 nitrogen and oxygen atoms in total. The zero-order valence-electron chi connectivity index (χ0n) is 16.6. The highest BCUT2D eigenvalue weighted by Crippen LogP contribution is 2.70. The summed E-state index contributed by atoms with van der Waals surface area (Å²) in [6, 6.07) is 0. The highest BCUT2D eigenvalue weighted by molar-refractivity contribution is 6.88. The summed E-state index contributed by atoms with van der Waals surface area (Å²) in [5.74, 6) is 5.63. The molecule has 0 spiro atoms. The van der Waals surface area contributed by atoms with Crippen LogP contribution >= 0.6 is 0 Å². The first-order chi connectivity index (χ1) is 11.0. The molecule has 7 unspecified atom stereocenters. The normalized spacial score (nSPS) is 43.7. The quantitative estimate of drug-likeness (QED) is 0.350. The molecule has 0 heterocycles. The lowest BCUT2D eigenvalue weighted by molar-refractivity contribution is 0.185. The number of hydrogen-bond acceptors (Lipinski definition) is 2. The van der Waals surface area contributed by atoms with Crippen LogP contribution in [0.3, 0.4) is 0 Å². The summed E-state index contributed by atoms with van der Waals surface area (Å²) in [7, 11) is -5.31.